The Morgan fingerprint density at radius 3 is 2.67 bits per heavy atom. The van der Waals surface area contributed by atoms with Crippen molar-refractivity contribution in [2.75, 3.05) is 13.2 Å². The summed E-state index contributed by atoms with van der Waals surface area (Å²) in [6.45, 7) is 3.34. The maximum atomic E-state index is 6.20. The third kappa shape index (κ3) is 3.17. The Morgan fingerprint density at radius 2 is 1.86 bits per heavy atom. The molecule has 21 heavy (non-hydrogen) atoms. The van der Waals surface area contributed by atoms with E-state index >= 15 is 0 Å². The fraction of sp³-hybridized carbons (Fsp3) is 0.294. The molecule has 1 atom stereocenters. The molecule has 2 aromatic carbocycles. The Labute approximate surface area is 129 Å². The number of fused-ring (bicyclic) bond motifs is 1. The highest BCUT2D eigenvalue weighted by molar-refractivity contribution is 7.99. The second-order valence-electron chi connectivity index (χ2n) is 4.96. The lowest BCUT2D eigenvalue weighted by molar-refractivity contribution is 0.171. The maximum absolute atomic E-state index is 6.20. The normalized spacial score (nSPS) is 14.8. The van der Waals surface area contributed by atoms with Gasteiger partial charge in [0, 0.05) is 15.8 Å². The zero-order chi connectivity index (χ0) is 14.7. The summed E-state index contributed by atoms with van der Waals surface area (Å²) in [5, 5.41) is 0. The molecule has 0 radical (unpaired) electrons. The first-order chi connectivity index (χ1) is 10.3. The van der Waals surface area contributed by atoms with Crippen molar-refractivity contribution in [2.24, 2.45) is 5.73 Å². The van der Waals surface area contributed by atoms with Gasteiger partial charge >= 0.3 is 0 Å². The van der Waals surface area contributed by atoms with Crippen LogP contribution in [0.1, 0.15) is 24.9 Å². The molecule has 0 unspecified atom stereocenters. The van der Waals surface area contributed by atoms with Gasteiger partial charge in [0.25, 0.3) is 0 Å². The van der Waals surface area contributed by atoms with Crippen LogP contribution < -0.4 is 15.2 Å². The van der Waals surface area contributed by atoms with Gasteiger partial charge in [0.05, 0.1) is 0 Å². The van der Waals surface area contributed by atoms with Crippen LogP contribution in [0.25, 0.3) is 0 Å². The summed E-state index contributed by atoms with van der Waals surface area (Å²) in [4.78, 5) is 2.33. The third-order valence-corrected chi connectivity index (χ3v) is 4.58. The molecule has 0 fully saturated rings. The zero-order valence-corrected chi connectivity index (χ0v) is 12.9. The van der Waals surface area contributed by atoms with Gasteiger partial charge in [-0.15, -0.1) is 0 Å². The van der Waals surface area contributed by atoms with Crippen LogP contribution in [0.15, 0.2) is 52.3 Å². The Hall–Kier alpha value is -1.65. The van der Waals surface area contributed by atoms with Gasteiger partial charge in [-0.2, -0.15) is 0 Å². The van der Waals surface area contributed by atoms with E-state index in [1.165, 1.54) is 10.5 Å². The van der Waals surface area contributed by atoms with E-state index in [9.17, 15) is 0 Å². The van der Waals surface area contributed by atoms with Gasteiger partial charge in [-0.3, -0.25) is 0 Å². The van der Waals surface area contributed by atoms with Gasteiger partial charge in [0.1, 0.15) is 13.2 Å². The Morgan fingerprint density at radius 1 is 1.10 bits per heavy atom. The van der Waals surface area contributed by atoms with Crippen molar-refractivity contribution < 1.29 is 9.47 Å². The molecule has 1 aliphatic rings. The average molecular weight is 301 g/mol. The number of rotatable bonds is 4. The zero-order valence-electron chi connectivity index (χ0n) is 12.0. The van der Waals surface area contributed by atoms with Crippen molar-refractivity contribution in [3.63, 3.8) is 0 Å². The first-order valence-corrected chi connectivity index (χ1v) is 8.01. The molecule has 0 bridgehead atoms. The van der Waals surface area contributed by atoms with Crippen LogP contribution in [-0.4, -0.2) is 13.2 Å². The van der Waals surface area contributed by atoms with Crippen LogP contribution in [0.5, 0.6) is 11.5 Å². The van der Waals surface area contributed by atoms with E-state index in [1.54, 1.807) is 11.8 Å². The van der Waals surface area contributed by atoms with Crippen LogP contribution in [-0.2, 0) is 0 Å². The highest BCUT2D eigenvalue weighted by Gasteiger charge is 2.14. The minimum atomic E-state index is 0.0749. The highest BCUT2D eigenvalue weighted by Crippen LogP contribution is 2.38. The largest absolute Gasteiger partial charge is 0.486 e. The lowest BCUT2D eigenvalue weighted by Gasteiger charge is -2.19. The maximum Gasteiger partial charge on any atom is 0.162 e. The van der Waals surface area contributed by atoms with Crippen molar-refractivity contribution in [3.05, 3.63) is 48.0 Å². The number of hydrogen-bond donors (Lipinski definition) is 1. The molecule has 0 aromatic heterocycles. The Kier molecular flexibility index (Phi) is 4.36. The summed E-state index contributed by atoms with van der Waals surface area (Å²) in [6.07, 6.45) is 0.929. The molecule has 0 saturated carbocycles. The summed E-state index contributed by atoms with van der Waals surface area (Å²) in [5.41, 5.74) is 7.40. The summed E-state index contributed by atoms with van der Waals surface area (Å²) in [7, 11) is 0. The van der Waals surface area contributed by atoms with Crippen molar-refractivity contribution in [1.82, 2.24) is 0 Å². The van der Waals surface area contributed by atoms with Gasteiger partial charge in [-0.1, -0.05) is 36.9 Å². The van der Waals surface area contributed by atoms with Gasteiger partial charge in [0.2, 0.25) is 0 Å². The third-order valence-electron chi connectivity index (χ3n) is 3.50. The van der Waals surface area contributed by atoms with Crippen molar-refractivity contribution in [1.29, 1.82) is 0 Å². The van der Waals surface area contributed by atoms with Crippen LogP contribution in [0.2, 0.25) is 0 Å². The minimum absolute atomic E-state index is 0.0749. The van der Waals surface area contributed by atoms with Crippen molar-refractivity contribution in [2.45, 2.75) is 29.2 Å². The van der Waals surface area contributed by atoms with Crippen LogP contribution in [0.4, 0.5) is 0 Å². The predicted molar refractivity (Wildman–Crippen MR) is 85.2 cm³/mol. The first kappa shape index (κ1) is 14.3. The molecule has 0 spiro atoms. The van der Waals surface area contributed by atoms with Crippen LogP contribution >= 0.6 is 11.8 Å². The van der Waals surface area contributed by atoms with E-state index < -0.39 is 0 Å². The summed E-state index contributed by atoms with van der Waals surface area (Å²) < 4.78 is 11.2. The van der Waals surface area contributed by atoms with Crippen LogP contribution in [0.3, 0.4) is 0 Å². The van der Waals surface area contributed by atoms with E-state index in [2.05, 4.69) is 25.1 Å². The molecule has 1 heterocycles. The quantitative estimate of drug-likeness (QED) is 0.926. The van der Waals surface area contributed by atoms with E-state index in [0.717, 1.165) is 22.8 Å². The molecule has 1 aliphatic heterocycles. The molecule has 2 aromatic rings. The molecule has 0 amide bonds. The van der Waals surface area contributed by atoms with E-state index in [-0.39, 0.29) is 6.04 Å². The molecule has 0 saturated heterocycles. The van der Waals surface area contributed by atoms with E-state index in [4.69, 9.17) is 15.2 Å². The Bertz CT molecular complexity index is 630. The van der Waals surface area contributed by atoms with Gasteiger partial charge in [0.15, 0.2) is 11.5 Å². The molecule has 0 aliphatic carbocycles. The number of hydrogen-bond acceptors (Lipinski definition) is 4. The molecule has 3 rings (SSSR count). The fourth-order valence-electron chi connectivity index (χ4n) is 2.31. The second kappa shape index (κ2) is 6.41. The first-order valence-electron chi connectivity index (χ1n) is 7.20. The standard InChI is InChI=1S/C17H19NO2S/c1-2-14(18)13-5-3-4-6-17(13)21-12-7-8-15-16(11-12)20-10-9-19-15/h3-8,11,14H,2,9-10,18H2,1H3/t14-/m1/s1. The lowest BCUT2D eigenvalue weighted by atomic mass is 10.1. The lowest BCUT2D eigenvalue weighted by Crippen LogP contribution is -2.15. The molecule has 4 heteroatoms. The van der Waals surface area contributed by atoms with Gasteiger partial charge in [-0.25, -0.2) is 0 Å². The minimum Gasteiger partial charge on any atom is -0.486 e. The summed E-state index contributed by atoms with van der Waals surface area (Å²) in [5.74, 6) is 1.65. The van der Waals surface area contributed by atoms with Crippen molar-refractivity contribution >= 4 is 11.8 Å². The monoisotopic (exact) mass is 301 g/mol. The fourth-order valence-corrected chi connectivity index (χ4v) is 3.35. The molecular formula is C17H19NO2S. The van der Waals surface area contributed by atoms with E-state index in [0.29, 0.717) is 13.2 Å². The second-order valence-corrected chi connectivity index (χ2v) is 6.08. The predicted octanol–water partition coefficient (Wildman–Crippen LogP) is 4.02. The number of benzene rings is 2. The van der Waals surface area contributed by atoms with E-state index in [1.807, 2.05) is 24.3 Å². The molecule has 2 N–H and O–H groups in total. The Balaban J connectivity index is 1.87. The SMILES string of the molecule is CC[C@@H](N)c1ccccc1Sc1ccc2c(c1)OCCO2. The molecule has 110 valence electrons. The van der Waals surface area contributed by atoms with Gasteiger partial charge < -0.3 is 15.2 Å². The van der Waals surface area contributed by atoms with Crippen LogP contribution in [0, 0.1) is 0 Å². The molecular weight excluding hydrogens is 282 g/mol. The number of ether oxygens (including phenoxy) is 2. The average Bonchev–Trinajstić information content (AvgIpc) is 2.54. The van der Waals surface area contributed by atoms with Gasteiger partial charge in [-0.05, 0) is 36.2 Å². The smallest absolute Gasteiger partial charge is 0.162 e. The van der Waals surface area contributed by atoms with Crippen molar-refractivity contribution in [3.8, 4) is 11.5 Å². The highest BCUT2D eigenvalue weighted by atomic mass is 32.2. The number of nitrogens with two attached hydrogens (primary N) is 1. The molecule has 3 nitrogen and oxygen atoms in total. The topological polar surface area (TPSA) is 44.5 Å². The summed E-state index contributed by atoms with van der Waals surface area (Å²) in [6, 6.07) is 14.5. The summed E-state index contributed by atoms with van der Waals surface area (Å²) >= 11 is 1.72.